The summed E-state index contributed by atoms with van der Waals surface area (Å²) in [4.78, 5) is 4.13. The molecule has 0 N–H and O–H groups in total. The van der Waals surface area contributed by atoms with E-state index < -0.39 is 10.0 Å². The van der Waals surface area contributed by atoms with Gasteiger partial charge in [0.2, 0.25) is 10.0 Å². The third-order valence-corrected chi connectivity index (χ3v) is 3.92. The normalized spacial score (nSPS) is 12.0. The highest BCUT2D eigenvalue weighted by Gasteiger charge is 2.16. The third-order valence-electron chi connectivity index (χ3n) is 1.48. The first kappa shape index (κ1) is 10.9. The Balaban J connectivity index is 3.17. The summed E-state index contributed by atoms with van der Waals surface area (Å²) in [7, 11) is -0.339. The number of nitrogens with zero attached hydrogens (tertiary/aromatic N) is 2. The summed E-state index contributed by atoms with van der Waals surface area (Å²) in [6.45, 7) is 0. The molecule has 0 aliphatic heterocycles. The SMILES string of the molecule is CN(C)S(=O)(=O)c1ccc(I)nc1. The molecule has 0 aliphatic rings. The van der Waals surface area contributed by atoms with Crippen molar-refractivity contribution in [1.29, 1.82) is 0 Å². The third kappa shape index (κ3) is 2.38. The molecule has 0 bridgehead atoms. The number of pyridine rings is 1. The molecule has 0 amide bonds. The predicted molar refractivity (Wildman–Crippen MR) is 57.8 cm³/mol. The first-order chi connectivity index (χ1) is 5.94. The quantitative estimate of drug-likeness (QED) is 0.603. The Morgan fingerprint density at radius 3 is 2.38 bits per heavy atom. The molecular weight excluding hydrogens is 303 g/mol. The van der Waals surface area contributed by atoms with E-state index >= 15 is 0 Å². The lowest BCUT2D eigenvalue weighted by molar-refractivity contribution is 0.520. The van der Waals surface area contributed by atoms with Crippen molar-refractivity contribution in [3.05, 3.63) is 22.0 Å². The highest BCUT2D eigenvalue weighted by Crippen LogP contribution is 2.12. The Hall–Kier alpha value is -0.210. The number of hydrogen-bond donors (Lipinski definition) is 0. The molecule has 0 fully saturated rings. The average Bonchev–Trinajstić information content (AvgIpc) is 2.04. The molecule has 0 aliphatic carbocycles. The molecule has 13 heavy (non-hydrogen) atoms. The Morgan fingerprint density at radius 1 is 1.38 bits per heavy atom. The van der Waals surface area contributed by atoms with Crippen LogP contribution >= 0.6 is 22.6 Å². The number of rotatable bonds is 2. The van der Waals surface area contributed by atoms with Crippen LogP contribution in [0.4, 0.5) is 0 Å². The summed E-state index contributed by atoms with van der Waals surface area (Å²) < 4.78 is 25.0. The summed E-state index contributed by atoms with van der Waals surface area (Å²) in [5.41, 5.74) is 0. The molecule has 1 aromatic rings. The van der Waals surface area contributed by atoms with Gasteiger partial charge in [-0.2, -0.15) is 0 Å². The summed E-state index contributed by atoms with van der Waals surface area (Å²) in [6, 6.07) is 3.21. The van der Waals surface area contributed by atoms with Crippen molar-refractivity contribution in [1.82, 2.24) is 9.29 Å². The minimum absolute atomic E-state index is 0.220. The molecule has 4 nitrogen and oxygen atoms in total. The fourth-order valence-corrected chi connectivity index (χ4v) is 1.89. The monoisotopic (exact) mass is 312 g/mol. The van der Waals surface area contributed by atoms with Crippen molar-refractivity contribution in [2.24, 2.45) is 0 Å². The molecule has 0 saturated heterocycles. The first-order valence-electron chi connectivity index (χ1n) is 3.48. The minimum atomic E-state index is -3.33. The van der Waals surface area contributed by atoms with Crippen molar-refractivity contribution in [3.63, 3.8) is 0 Å². The first-order valence-corrected chi connectivity index (χ1v) is 6.00. The van der Waals surface area contributed by atoms with E-state index in [2.05, 4.69) is 4.98 Å². The molecule has 1 aromatic heterocycles. The van der Waals surface area contributed by atoms with Gasteiger partial charge in [0.05, 0.1) is 0 Å². The van der Waals surface area contributed by atoms with Gasteiger partial charge in [-0.15, -0.1) is 0 Å². The van der Waals surface area contributed by atoms with Gasteiger partial charge in [-0.3, -0.25) is 0 Å². The van der Waals surface area contributed by atoms with Crippen LogP contribution in [-0.4, -0.2) is 31.8 Å². The zero-order valence-corrected chi connectivity index (χ0v) is 10.2. The molecule has 1 rings (SSSR count). The lowest BCUT2D eigenvalue weighted by atomic mass is 10.5. The molecule has 0 unspecified atom stereocenters. The van der Waals surface area contributed by atoms with E-state index in [-0.39, 0.29) is 4.90 Å². The number of hydrogen-bond acceptors (Lipinski definition) is 3. The van der Waals surface area contributed by atoms with E-state index in [4.69, 9.17) is 0 Å². The fraction of sp³-hybridized carbons (Fsp3) is 0.286. The molecule has 0 saturated carbocycles. The van der Waals surface area contributed by atoms with Crippen LogP contribution in [0.15, 0.2) is 23.2 Å². The summed E-state index contributed by atoms with van der Waals surface area (Å²) in [5.74, 6) is 0. The molecule has 1 heterocycles. The van der Waals surface area contributed by atoms with E-state index in [0.717, 1.165) is 8.01 Å². The predicted octanol–water partition coefficient (Wildman–Crippen LogP) is 0.937. The number of halogens is 1. The molecule has 0 aromatic carbocycles. The van der Waals surface area contributed by atoms with Gasteiger partial charge in [0.25, 0.3) is 0 Å². The highest BCUT2D eigenvalue weighted by molar-refractivity contribution is 14.1. The lowest BCUT2D eigenvalue weighted by Gasteiger charge is -2.10. The Morgan fingerprint density at radius 2 is 2.00 bits per heavy atom. The number of sulfonamides is 1. The van der Waals surface area contributed by atoms with Gasteiger partial charge in [-0.25, -0.2) is 17.7 Å². The second-order valence-electron chi connectivity index (χ2n) is 2.60. The van der Waals surface area contributed by atoms with E-state index in [1.807, 2.05) is 22.6 Å². The van der Waals surface area contributed by atoms with Crippen LogP contribution in [0.1, 0.15) is 0 Å². The maximum atomic E-state index is 11.5. The van der Waals surface area contributed by atoms with Crippen LogP contribution in [0.3, 0.4) is 0 Å². The zero-order chi connectivity index (χ0) is 10.1. The molecule has 6 heteroatoms. The maximum absolute atomic E-state index is 11.5. The molecule has 72 valence electrons. The fourth-order valence-electron chi connectivity index (χ4n) is 0.726. The second kappa shape index (κ2) is 3.89. The van der Waals surface area contributed by atoms with E-state index in [1.54, 1.807) is 12.1 Å². The summed E-state index contributed by atoms with van der Waals surface area (Å²) >= 11 is 2.02. The van der Waals surface area contributed by atoms with Crippen molar-refractivity contribution < 1.29 is 8.42 Å². The summed E-state index contributed by atoms with van der Waals surface area (Å²) in [5, 5.41) is 0. The van der Waals surface area contributed by atoms with Crippen LogP contribution in [0.2, 0.25) is 0 Å². The van der Waals surface area contributed by atoms with E-state index in [1.165, 1.54) is 20.3 Å². The standard InChI is InChI=1S/C7H9IN2O2S/c1-10(2)13(11,12)6-3-4-7(8)9-5-6/h3-5H,1-2H3. The zero-order valence-electron chi connectivity index (χ0n) is 7.23. The summed E-state index contributed by atoms with van der Waals surface area (Å²) in [6.07, 6.45) is 1.36. The van der Waals surface area contributed by atoms with Gasteiger partial charge in [-0.1, -0.05) is 0 Å². The molecule has 0 atom stereocenters. The topological polar surface area (TPSA) is 50.3 Å². The van der Waals surface area contributed by atoms with Crippen LogP contribution < -0.4 is 0 Å². The van der Waals surface area contributed by atoms with Crippen molar-refractivity contribution >= 4 is 32.6 Å². The van der Waals surface area contributed by atoms with Gasteiger partial charge < -0.3 is 0 Å². The second-order valence-corrected chi connectivity index (χ2v) is 5.86. The van der Waals surface area contributed by atoms with Crippen LogP contribution in [-0.2, 0) is 10.0 Å². The van der Waals surface area contributed by atoms with Crippen molar-refractivity contribution in [2.45, 2.75) is 4.90 Å². The smallest absolute Gasteiger partial charge is 0.244 e. The average molecular weight is 312 g/mol. The van der Waals surface area contributed by atoms with Gasteiger partial charge >= 0.3 is 0 Å². The lowest BCUT2D eigenvalue weighted by Crippen LogP contribution is -2.22. The Bertz CT molecular complexity index is 385. The molecule has 0 spiro atoms. The Labute approximate surface area is 91.2 Å². The van der Waals surface area contributed by atoms with Gasteiger partial charge in [0.15, 0.2) is 0 Å². The van der Waals surface area contributed by atoms with Gasteiger partial charge in [0.1, 0.15) is 8.60 Å². The van der Waals surface area contributed by atoms with E-state index in [9.17, 15) is 8.42 Å². The minimum Gasteiger partial charge on any atom is -0.249 e. The van der Waals surface area contributed by atoms with Crippen LogP contribution in [0, 0.1) is 3.70 Å². The van der Waals surface area contributed by atoms with E-state index in [0.29, 0.717) is 0 Å². The Kier molecular flexibility index (Phi) is 3.25. The molecular formula is C7H9IN2O2S. The van der Waals surface area contributed by atoms with Crippen molar-refractivity contribution in [2.75, 3.05) is 14.1 Å². The van der Waals surface area contributed by atoms with Crippen LogP contribution in [0.25, 0.3) is 0 Å². The largest absolute Gasteiger partial charge is 0.249 e. The maximum Gasteiger partial charge on any atom is 0.244 e. The number of aromatic nitrogens is 1. The molecule has 0 radical (unpaired) electrons. The van der Waals surface area contributed by atoms with Gasteiger partial charge in [0, 0.05) is 20.3 Å². The van der Waals surface area contributed by atoms with Gasteiger partial charge in [-0.05, 0) is 34.7 Å². The van der Waals surface area contributed by atoms with Crippen LogP contribution in [0.5, 0.6) is 0 Å². The highest BCUT2D eigenvalue weighted by atomic mass is 127. The van der Waals surface area contributed by atoms with Crippen molar-refractivity contribution in [3.8, 4) is 0 Å².